The lowest BCUT2D eigenvalue weighted by molar-refractivity contribution is 0.632. The average molecular weight is 322 g/mol. The topological polar surface area (TPSA) is 63.0 Å². The summed E-state index contributed by atoms with van der Waals surface area (Å²) in [5.74, 6) is 5.18. The van der Waals surface area contributed by atoms with Crippen molar-refractivity contribution in [2.24, 2.45) is 5.84 Å². The molecule has 0 bridgehead atoms. The number of nitrogen functional groups attached to an aromatic ring is 1. The number of rotatable bonds is 3. The van der Waals surface area contributed by atoms with E-state index in [9.17, 15) is 4.39 Å². The highest BCUT2D eigenvalue weighted by atomic mass is 35.5. The molecule has 0 atom stereocenters. The number of nitrogens with two attached hydrogens (primary N) is 1. The van der Waals surface area contributed by atoms with Gasteiger partial charge in [-0.15, -0.1) is 0 Å². The van der Waals surface area contributed by atoms with Gasteiger partial charge in [-0.2, -0.15) is 0 Å². The van der Waals surface area contributed by atoms with Gasteiger partial charge in [0.25, 0.3) is 0 Å². The lowest BCUT2D eigenvalue weighted by atomic mass is 10.3. The highest BCUT2D eigenvalue weighted by Gasteiger charge is 2.11. The Kier molecular flexibility index (Phi) is 4.31. The number of hydrogen-bond donors (Lipinski definition) is 3. The van der Waals surface area contributed by atoms with Crippen molar-refractivity contribution in [3.05, 3.63) is 45.2 Å². The first-order valence-electron chi connectivity index (χ1n) is 5.06. The average Bonchev–Trinajstić information content (AvgIpc) is 2.35. The molecule has 0 unspecified atom stereocenters. The first kappa shape index (κ1) is 14.1. The van der Waals surface area contributed by atoms with Crippen LogP contribution in [0.4, 0.5) is 21.7 Å². The Hall–Kier alpha value is -1.27. The van der Waals surface area contributed by atoms with Crippen LogP contribution in [0, 0.1) is 5.82 Å². The van der Waals surface area contributed by atoms with Crippen LogP contribution in [0.5, 0.6) is 0 Å². The molecule has 0 radical (unpaired) electrons. The number of aromatic nitrogens is 1. The summed E-state index contributed by atoms with van der Waals surface area (Å²) in [7, 11) is 0. The predicted molar refractivity (Wildman–Crippen MR) is 76.8 cm³/mol. The van der Waals surface area contributed by atoms with Crippen molar-refractivity contribution >= 4 is 52.1 Å². The van der Waals surface area contributed by atoms with Crippen LogP contribution in [0.2, 0.25) is 15.1 Å². The van der Waals surface area contributed by atoms with Crippen LogP contribution in [0.15, 0.2) is 24.3 Å². The largest absolute Gasteiger partial charge is 0.337 e. The molecule has 19 heavy (non-hydrogen) atoms. The lowest BCUT2D eigenvalue weighted by Crippen LogP contribution is -2.10. The fourth-order valence-corrected chi connectivity index (χ4v) is 1.99. The number of hydrogen-bond acceptors (Lipinski definition) is 4. The minimum atomic E-state index is -0.525. The van der Waals surface area contributed by atoms with Gasteiger partial charge in [0, 0.05) is 5.02 Å². The molecule has 4 nitrogen and oxygen atoms in total. The molecule has 0 amide bonds. The number of pyridine rings is 1. The summed E-state index contributed by atoms with van der Waals surface area (Å²) in [5.41, 5.74) is 2.50. The van der Waals surface area contributed by atoms with Crippen molar-refractivity contribution in [3.63, 3.8) is 0 Å². The van der Waals surface area contributed by atoms with E-state index in [0.717, 1.165) is 0 Å². The van der Waals surface area contributed by atoms with Gasteiger partial charge in [0.15, 0.2) is 11.6 Å². The van der Waals surface area contributed by atoms with Gasteiger partial charge in [0.2, 0.25) is 0 Å². The molecule has 0 fully saturated rings. The molecule has 1 heterocycles. The maximum Gasteiger partial charge on any atom is 0.161 e. The zero-order valence-corrected chi connectivity index (χ0v) is 11.6. The molecule has 0 aliphatic carbocycles. The number of anilines is 3. The van der Waals surface area contributed by atoms with Crippen molar-refractivity contribution < 1.29 is 4.39 Å². The zero-order chi connectivity index (χ0) is 14.0. The van der Waals surface area contributed by atoms with Crippen LogP contribution in [-0.2, 0) is 0 Å². The molecule has 0 saturated heterocycles. The number of nitrogens with zero attached hydrogens (tertiary/aromatic N) is 1. The summed E-state index contributed by atoms with van der Waals surface area (Å²) in [4.78, 5) is 4.04. The molecule has 0 spiro atoms. The van der Waals surface area contributed by atoms with E-state index in [-0.39, 0.29) is 27.4 Å². The third-order valence-electron chi connectivity index (χ3n) is 2.25. The predicted octanol–water partition coefficient (Wildman–Crippen LogP) is 4.21. The molecular formula is C11H8Cl3FN4. The normalized spacial score (nSPS) is 10.4. The van der Waals surface area contributed by atoms with Gasteiger partial charge < -0.3 is 10.7 Å². The van der Waals surface area contributed by atoms with Crippen molar-refractivity contribution in [1.29, 1.82) is 0 Å². The van der Waals surface area contributed by atoms with Crippen LogP contribution in [-0.4, -0.2) is 4.98 Å². The Morgan fingerprint density at radius 1 is 1.05 bits per heavy atom. The highest BCUT2D eigenvalue weighted by Crippen LogP contribution is 2.31. The quantitative estimate of drug-likeness (QED) is 0.585. The molecule has 100 valence electrons. The molecule has 0 aliphatic rings. The van der Waals surface area contributed by atoms with Crippen LogP contribution >= 0.6 is 34.8 Å². The Morgan fingerprint density at radius 3 is 2.37 bits per heavy atom. The molecule has 1 aromatic carbocycles. The first-order chi connectivity index (χ1) is 9.01. The number of benzene rings is 1. The minimum absolute atomic E-state index is 0.184. The van der Waals surface area contributed by atoms with E-state index in [1.54, 1.807) is 6.07 Å². The van der Waals surface area contributed by atoms with Crippen molar-refractivity contribution in [2.45, 2.75) is 0 Å². The lowest BCUT2D eigenvalue weighted by Gasteiger charge is -2.11. The molecule has 4 N–H and O–H groups in total. The number of halogens is 4. The minimum Gasteiger partial charge on any atom is -0.337 e. The van der Waals surface area contributed by atoms with E-state index in [1.165, 1.54) is 18.2 Å². The summed E-state index contributed by atoms with van der Waals surface area (Å²) in [6.07, 6.45) is 0. The fourth-order valence-electron chi connectivity index (χ4n) is 1.37. The van der Waals surface area contributed by atoms with E-state index in [0.29, 0.717) is 5.02 Å². The maximum absolute atomic E-state index is 13.6. The van der Waals surface area contributed by atoms with Gasteiger partial charge >= 0.3 is 0 Å². The van der Waals surface area contributed by atoms with E-state index in [2.05, 4.69) is 15.7 Å². The van der Waals surface area contributed by atoms with E-state index >= 15 is 0 Å². The van der Waals surface area contributed by atoms with Crippen LogP contribution in [0.3, 0.4) is 0 Å². The van der Waals surface area contributed by atoms with Crippen LogP contribution in [0.1, 0.15) is 0 Å². The molecule has 0 saturated carbocycles. The van der Waals surface area contributed by atoms with E-state index < -0.39 is 5.82 Å². The summed E-state index contributed by atoms with van der Waals surface area (Å²) < 4.78 is 13.6. The second-order valence-corrected chi connectivity index (χ2v) is 4.79. The van der Waals surface area contributed by atoms with Gasteiger partial charge in [0.05, 0.1) is 15.7 Å². The fraction of sp³-hybridized carbons (Fsp3) is 0. The summed E-state index contributed by atoms with van der Waals surface area (Å²) in [6, 6.07) is 5.63. The molecule has 2 aromatic rings. The van der Waals surface area contributed by atoms with Gasteiger partial charge in [-0.3, -0.25) is 0 Å². The summed E-state index contributed by atoms with van der Waals surface area (Å²) in [5, 5.41) is 3.53. The van der Waals surface area contributed by atoms with Crippen LogP contribution < -0.4 is 16.6 Å². The standard InChI is InChI=1S/C11H8Cl3FN4/c12-5-1-2-9(8(15)3-5)17-10-6(13)4-7(14)11(18-10)19-16/h1-4H,16H2,(H2,17,18,19). The van der Waals surface area contributed by atoms with Crippen LogP contribution in [0.25, 0.3) is 0 Å². The smallest absolute Gasteiger partial charge is 0.161 e. The number of nitrogens with one attached hydrogen (secondary N) is 2. The molecule has 8 heteroatoms. The number of hydrazine groups is 1. The Balaban J connectivity index is 2.37. The third-order valence-corrected chi connectivity index (χ3v) is 3.06. The molecule has 0 aliphatic heterocycles. The van der Waals surface area contributed by atoms with Gasteiger partial charge in [-0.25, -0.2) is 15.2 Å². The van der Waals surface area contributed by atoms with Crippen molar-refractivity contribution in [1.82, 2.24) is 4.98 Å². The van der Waals surface area contributed by atoms with Crippen molar-refractivity contribution in [3.8, 4) is 0 Å². The van der Waals surface area contributed by atoms with E-state index in [1.807, 2.05) is 0 Å². The Labute approximate surface area is 123 Å². The first-order valence-corrected chi connectivity index (χ1v) is 6.19. The third kappa shape index (κ3) is 3.19. The second-order valence-electron chi connectivity index (χ2n) is 3.54. The summed E-state index contributed by atoms with van der Waals surface area (Å²) >= 11 is 17.5. The zero-order valence-electron chi connectivity index (χ0n) is 9.35. The highest BCUT2D eigenvalue weighted by molar-refractivity contribution is 6.37. The monoisotopic (exact) mass is 320 g/mol. The summed E-state index contributed by atoms with van der Waals surface area (Å²) in [6.45, 7) is 0. The van der Waals surface area contributed by atoms with Gasteiger partial charge in [0.1, 0.15) is 5.82 Å². The maximum atomic E-state index is 13.6. The van der Waals surface area contributed by atoms with Gasteiger partial charge in [-0.1, -0.05) is 34.8 Å². The van der Waals surface area contributed by atoms with Gasteiger partial charge in [-0.05, 0) is 24.3 Å². The SMILES string of the molecule is NNc1nc(Nc2ccc(Cl)cc2F)c(Cl)cc1Cl. The second kappa shape index (κ2) is 5.79. The van der Waals surface area contributed by atoms with Crippen molar-refractivity contribution in [2.75, 3.05) is 10.7 Å². The van der Waals surface area contributed by atoms with E-state index in [4.69, 9.17) is 40.6 Å². The molecular weight excluding hydrogens is 314 g/mol. The Morgan fingerprint density at radius 2 is 1.74 bits per heavy atom. The Bertz CT molecular complexity index is 621. The molecule has 1 aromatic heterocycles. The molecule has 2 rings (SSSR count).